The fraction of sp³-hybridized carbons (Fsp3) is 0.619. The van der Waals surface area contributed by atoms with E-state index in [2.05, 4.69) is 24.8 Å². The van der Waals surface area contributed by atoms with Gasteiger partial charge in [0.15, 0.2) is 0 Å². The average Bonchev–Trinajstić information content (AvgIpc) is 3.31. The second-order valence-electron chi connectivity index (χ2n) is 7.99. The quantitative estimate of drug-likeness (QED) is 0.815. The van der Waals surface area contributed by atoms with Gasteiger partial charge in [-0.25, -0.2) is 0 Å². The first-order valence-electron chi connectivity index (χ1n) is 10.1. The number of benzene rings is 1. The first-order chi connectivity index (χ1) is 13.0. The van der Waals surface area contributed by atoms with Crippen molar-refractivity contribution >= 4 is 11.8 Å². The lowest BCUT2D eigenvalue weighted by Crippen LogP contribution is -2.51. The molecule has 4 rings (SSSR count). The van der Waals surface area contributed by atoms with Gasteiger partial charge in [0.1, 0.15) is 11.9 Å². The molecule has 3 aliphatic rings. The molecule has 0 N–H and O–H groups in total. The minimum Gasteiger partial charge on any atom is -0.489 e. The van der Waals surface area contributed by atoms with E-state index in [9.17, 15) is 9.59 Å². The zero-order valence-electron chi connectivity index (χ0n) is 16.3. The van der Waals surface area contributed by atoms with E-state index in [-0.39, 0.29) is 17.9 Å². The largest absolute Gasteiger partial charge is 0.489 e. The Morgan fingerprint density at radius 2 is 1.70 bits per heavy atom. The zero-order chi connectivity index (χ0) is 19.0. The zero-order valence-corrected chi connectivity index (χ0v) is 16.3. The molecule has 0 saturated carbocycles. The fourth-order valence-corrected chi connectivity index (χ4v) is 4.29. The van der Waals surface area contributed by atoms with Crippen molar-refractivity contribution in [2.45, 2.75) is 38.7 Å². The summed E-state index contributed by atoms with van der Waals surface area (Å²) in [4.78, 5) is 31.4. The Hall–Kier alpha value is -2.08. The average molecular weight is 371 g/mol. The number of carbonyl (C=O) groups is 2. The van der Waals surface area contributed by atoms with E-state index in [0.717, 1.165) is 50.3 Å². The molecular formula is C21H29N3O3. The molecule has 1 aromatic carbocycles. The second-order valence-corrected chi connectivity index (χ2v) is 7.99. The van der Waals surface area contributed by atoms with Crippen LogP contribution in [0.3, 0.4) is 0 Å². The monoisotopic (exact) mass is 371 g/mol. The predicted molar refractivity (Wildman–Crippen MR) is 103 cm³/mol. The van der Waals surface area contributed by atoms with Crippen LogP contribution >= 0.6 is 0 Å². The Kier molecular flexibility index (Phi) is 5.08. The summed E-state index contributed by atoms with van der Waals surface area (Å²) in [6.07, 6.45) is 2.34. The third kappa shape index (κ3) is 3.55. The smallest absolute Gasteiger partial charge is 0.257 e. The Balaban J connectivity index is 1.36. The maximum atomic E-state index is 13.1. The van der Waals surface area contributed by atoms with Crippen LogP contribution in [0.4, 0.5) is 0 Å². The van der Waals surface area contributed by atoms with Crippen molar-refractivity contribution in [3.8, 4) is 5.75 Å². The molecule has 146 valence electrons. The van der Waals surface area contributed by atoms with Crippen LogP contribution in [0.25, 0.3) is 0 Å². The van der Waals surface area contributed by atoms with Gasteiger partial charge >= 0.3 is 0 Å². The van der Waals surface area contributed by atoms with Crippen molar-refractivity contribution in [1.82, 2.24) is 14.7 Å². The number of hydrogen-bond acceptors (Lipinski definition) is 4. The number of fused-ring (bicyclic) bond motifs is 1. The molecule has 2 saturated heterocycles. The Morgan fingerprint density at radius 1 is 1.00 bits per heavy atom. The van der Waals surface area contributed by atoms with Crippen molar-refractivity contribution in [3.63, 3.8) is 0 Å². The summed E-state index contributed by atoms with van der Waals surface area (Å²) in [5.74, 6) is 1.33. The van der Waals surface area contributed by atoms with E-state index in [0.29, 0.717) is 31.1 Å². The van der Waals surface area contributed by atoms with Gasteiger partial charge in [0, 0.05) is 50.7 Å². The number of likely N-dealkylation sites (tertiary alicyclic amines) is 1. The van der Waals surface area contributed by atoms with Crippen molar-refractivity contribution < 1.29 is 14.3 Å². The maximum Gasteiger partial charge on any atom is 0.257 e. The summed E-state index contributed by atoms with van der Waals surface area (Å²) in [6, 6.07) is 5.88. The van der Waals surface area contributed by atoms with E-state index in [4.69, 9.17) is 4.74 Å². The molecule has 1 aromatic rings. The number of amides is 2. The third-order valence-corrected chi connectivity index (χ3v) is 6.25. The normalized spacial score (nSPS) is 25.4. The van der Waals surface area contributed by atoms with Crippen LogP contribution in [0.5, 0.6) is 5.75 Å². The van der Waals surface area contributed by atoms with Crippen LogP contribution in [-0.4, -0.2) is 78.4 Å². The number of nitrogens with zero attached hydrogens (tertiary/aromatic N) is 3. The highest BCUT2D eigenvalue weighted by atomic mass is 16.5. The molecule has 6 nitrogen and oxygen atoms in total. The lowest BCUT2D eigenvalue weighted by Gasteiger charge is -2.35. The molecule has 0 unspecified atom stereocenters. The molecule has 6 heteroatoms. The minimum atomic E-state index is 0.0404. The SMILES string of the molecule is C[C@H]1Oc2c(C(=O)N3CCN(CC(=O)N4CCCC4)CC3)cccc2[C@@H]1C. The topological polar surface area (TPSA) is 53.1 Å². The molecule has 0 aromatic heterocycles. The highest BCUT2D eigenvalue weighted by Gasteiger charge is 2.33. The van der Waals surface area contributed by atoms with E-state index in [1.54, 1.807) is 0 Å². The van der Waals surface area contributed by atoms with Crippen molar-refractivity contribution in [3.05, 3.63) is 29.3 Å². The first-order valence-corrected chi connectivity index (χ1v) is 10.1. The van der Waals surface area contributed by atoms with Crippen LogP contribution in [0.15, 0.2) is 18.2 Å². The molecule has 0 radical (unpaired) electrons. The highest BCUT2D eigenvalue weighted by Crippen LogP contribution is 2.40. The van der Waals surface area contributed by atoms with E-state index >= 15 is 0 Å². The van der Waals surface area contributed by atoms with Gasteiger partial charge in [-0.3, -0.25) is 14.5 Å². The second kappa shape index (κ2) is 7.50. The van der Waals surface area contributed by atoms with Gasteiger partial charge in [-0.15, -0.1) is 0 Å². The third-order valence-electron chi connectivity index (χ3n) is 6.25. The van der Waals surface area contributed by atoms with Gasteiger partial charge in [-0.2, -0.15) is 0 Å². The Morgan fingerprint density at radius 3 is 2.41 bits per heavy atom. The first kappa shape index (κ1) is 18.3. The summed E-state index contributed by atoms with van der Waals surface area (Å²) in [7, 11) is 0. The number of carbonyl (C=O) groups excluding carboxylic acids is 2. The van der Waals surface area contributed by atoms with E-state index < -0.39 is 0 Å². The van der Waals surface area contributed by atoms with Gasteiger partial charge in [0.2, 0.25) is 5.91 Å². The summed E-state index contributed by atoms with van der Waals surface area (Å²) in [5, 5.41) is 0. The summed E-state index contributed by atoms with van der Waals surface area (Å²) in [5.41, 5.74) is 1.80. The molecule has 27 heavy (non-hydrogen) atoms. The van der Waals surface area contributed by atoms with Crippen LogP contribution in [0, 0.1) is 0 Å². The molecule has 0 spiro atoms. The van der Waals surface area contributed by atoms with Gasteiger partial charge < -0.3 is 14.5 Å². The summed E-state index contributed by atoms with van der Waals surface area (Å²) in [6.45, 7) is 9.25. The number of hydrogen-bond donors (Lipinski definition) is 0. The van der Waals surface area contributed by atoms with E-state index in [1.807, 2.05) is 21.9 Å². The molecule has 0 aliphatic carbocycles. The van der Waals surface area contributed by atoms with E-state index in [1.165, 1.54) is 0 Å². The van der Waals surface area contributed by atoms with Crippen LogP contribution in [0.1, 0.15) is 48.5 Å². The van der Waals surface area contributed by atoms with Crippen LogP contribution in [0.2, 0.25) is 0 Å². The number of piperazine rings is 1. The lowest BCUT2D eigenvalue weighted by molar-refractivity contribution is -0.131. The van der Waals surface area contributed by atoms with Gasteiger partial charge in [-0.05, 0) is 25.8 Å². The predicted octanol–water partition coefficient (Wildman–Crippen LogP) is 1.95. The summed E-state index contributed by atoms with van der Waals surface area (Å²) < 4.78 is 5.98. The molecule has 3 aliphatic heterocycles. The van der Waals surface area contributed by atoms with Crippen LogP contribution in [-0.2, 0) is 4.79 Å². The minimum absolute atomic E-state index is 0.0404. The highest BCUT2D eigenvalue weighted by molar-refractivity contribution is 5.97. The Labute approximate surface area is 161 Å². The van der Waals surface area contributed by atoms with Crippen LogP contribution < -0.4 is 4.74 Å². The molecular weight excluding hydrogens is 342 g/mol. The maximum absolute atomic E-state index is 13.1. The fourth-order valence-electron chi connectivity index (χ4n) is 4.29. The van der Waals surface area contributed by atoms with Crippen molar-refractivity contribution in [2.75, 3.05) is 45.8 Å². The van der Waals surface area contributed by atoms with Crippen molar-refractivity contribution in [1.29, 1.82) is 0 Å². The molecule has 0 bridgehead atoms. The molecule has 2 atom stereocenters. The summed E-state index contributed by atoms with van der Waals surface area (Å²) >= 11 is 0. The lowest BCUT2D eigenvalue weighted by atomic mass is 9.96. The number of rotatable bonds is 3. The van der Waals surface area contributed by atoms with Gasteiger partial charge in [-0.1, -0.05) is 19.1 Å². The molecule has 2 fully saturated rings. The number of para-hydroxylation sites is 1. The molecule has 2 amide bonds. The van der Waals surface area contributed by atoms with Gasteiger partial charge in [0.25, 0.3) is 5.91 Å². The number of ether oxygens (including phenoxy) is 1. The molecule has 3 heterocycles. The van der Waals surface area contributed by atoms with Crippen molar-refractivity contribution in [2.24, 2.45) is 0 Å². The Bertz CT molecular complexity index is 721. The standard InChI is InChI=1S/C21H29N3O3/c1-15-16(2)27-20-17(15)6-5-7-18(20)21(26)24-12-10-22(11-13-24)14-19(25)23-8-3-4-9-23/h5-7,15-16H,3-4,8-14H2,1-2H3/t15-,16-/m1/s1. The van der Waals surface area contributed by atoms with Gasteiger partial charge in [0.05, 0.1) is 12.1 Å².